The second kappa shape index (κ2) is 8.15. The summed E-state index contributed by atoms with van der Waals surface area (Å²) in [5.41, 5.74) is 2.16. The van der Waals surface area contributed by atoms with Crippen LogP contribution in [0.25, 0.3) is 11.1 Å². The average Bonchev–Trinajstić information content (AvgIpc) is 3.17. The molecule has 0 bridgehead atoms. The van der Waals surface area contributed by atoms with Crippen LogP contribution in [-0.2, 0) is 17.9 Å². The van der Waals surface area contributed by atoms with Crippen molar-refractivity contribution in [2.45, 2.75) is 77.0 Å². The highest BCUT2D eigenvalue weighted by Gasteiger charge is 2.48. The second-order valence-electron chi connectivity index (χ2n) is 9.53. The van der Waals surface area contributed by atoms with Crippen LogP contribution >= 0.6 is 0 Å². The van der Waals surface area contributed by atoms with Crippen molar-refractivity contribution in [1.82, 2.24) is 14.8 Å². The van der Waals surface area contributed by atoms with Crippen LogP contribution in [0.4, 0.5) is 0 Å². The van der Waals surface area contributed by atoms with Crippen LogP contribution in [-0.4, -0.2) is 32.9 Å². The van der Waals surface area contributed by atoms with Crippen molar-refractivity contribution in [2.75, 3.05) is 0 Å². The molecule has 2 aromatic heterocycles. The van der Waals surface area contributed by atoms with E-state index < -0.39 is 5.54 Å². The number of nitrogens with zero attached hydrogens (tertiary/aromatic N) is 2. The minimum Gasteiger partial charge on any atom is -0.460 e. The number of furan rings is 1. The van der Waals surface area contributed by atoms with Crippen molar-refractivity contribution in [2.24, 2.45) is 0 Å². The first-order valence-corrected chi connectivity index (χ1v) is 11.7. The Kier molecular flexibility index (Phi) is 5.31. The molecule has 1 aliphatic heterocycles. The standard InChI is InChI=1S/C26H31N3O3/c1-18-14-21-23(32-18)15-22-24(30)29(16-19-10-6-5-7-11-19)26(2,17-28(21)22)25(31)27-20-12-8-3-4-9-13-20/h5-7,10-11,14-15,20H,3-4,8-9,12-13,16-17H2,1-2H3,(H,27,31). The average molecular weight is 434 g/mol. The Labute approximate surface area is 188 Å². The number of hydrogen-bond acceptors (Lipinski definition) is 3. The van der Waals surface area contributed by atoms with Gasteiger partial charge < -0.3 is 19.2 Å². The van der Waals surface area contributed by atoms with Crippen molar-refractivity contribution < 1.29 is 14.0 Å². The number of nitrogens with one attached hydrogen (secondary N) is 1. The highest BCUT2D eigenvalue weighted by atomic mass is 16.3. The fourth-order valence-corrected chi connectivity index (χ4v) is 5.24. The highest BCUT2D eigenvalue weighted by molar-refractivity contribution is 6.03. The smallest absolute Gasteiger partial charge is 0.271 e. The van der Waals surface area contributed by atoms with Crippen molar-refractivity contribution >= 4 is 22.9 Å². The van der Waals surface area contributed by atoms with E-state index in [9.17, 15) is 9.59 Å². The van der Waals surface area contributed by atoms with Crippen molar-refractivity contribution in [3.63, 3.8) is 0 Å². The number of hydrogen-bond donors (Lipinski definition) is 1. The van der Waals surface area contributed by atoms with Gasteiger partial charge in [-0.3, -0.25) is 9.59 Å². The molecule has 1 N–H and O–H groups in total. The SMILES string of the molecule is Cc1cc2c(cc3n2CC(C)(C(=O)NC2CCCCCC2)N(Cc2ccccc2)C3=O)o1. The molecule has 32 heavy (non-hydrogen) atoms. The van der Waals surface area contributed by atoms with Gasteiger partial charge in [0.05, 0.1) is 12.1 Å². The Balaban J connectivity index is 1.52. The maximum Gasteiger partial charge on any atom is 0.271 e. The molecule has 1 saturated carbocycles. The van der Waals surface area contributed by atoms with Gasteiger partial charge in [-0.25, -0.2) is 0 Å². The number of rotatable bonds is 4. The highest BCUT2D eigenvalue weighted by Crippen LogP contribution is 2.35. The quantitative estimate of drug-likeness (QED) is 0.601. The minimum absolute atomic E-state index is 0.0682. The summed E-state index contributed by atoms with van der Waals surface area (Å²) < 4.78 is 7.76. The third kappa shape index (κ3) is 3.61. The zero-order chi connectivity index (χ0) is 22.3. The first-order chi connectivity index (χ1) is 15.5. The van der Waals surface area contributed by atoms with Gasteiger partial charge in [-0.1, -0.05) is 56.0 Å². The van der Waals surface area contributed by atoms with Gasteiger partial charge in [-0.2, -0.15) is 0 Å². The summed E-state index contributed by atoms with van der Waals surface area (Å²) in [6.45, 7) is 4.60. The first-order valence-electron chi connectivity index (χ1n) is 11.7. The number of benzene rings is 1. The molecule has 1 fully saturated rings. The largest absolute Gasteiger partial charge is 0.460 e. The lowest BCUT2D eigenvalue weighted by atomic mass is 9.93. The fraction of sp³-hybridized carbons (Fsp3) is 0.462. The fourth-order valence-electron chi connectivity index (χ4n) is 5.24. The van der Waals surface area contributed by atoms with Gasteiger partial charge in [0.1, 0.15) is 17.0 Å². The molecule has 2 aliphatic rings. The van der Waals surface area contributed by atoms with E-state index in [4.69, 9.17) is 4.42 Å². The predicted molar refractivity (Wildman–Crippen MR) is 123 cm³/mol. The van der Waals surface area contributed by atoms with E-state index >= 15 is 0 Å². The van der Waals surface area contributed by atoms with Crippen LogP contribution in [0.3, 0.4) is 0 Å². The molecular formula is C26H31N3O3. The molecule has 3 aromatic rings. The Hall–Kier alpha value is -3.02. The number of carbonyl (C=O) groups excluding carboxylic acids is 2. The monoisotopic (exact) mass is 433 g/mol. The normalized spacial score (nSPS) is 22.1. The summed E-state index contributed by atoms with van der Waals surface area (Å²) in [6, 6.07) is 13.8. The zero-order valence-corrected chi connectivity index (χ0v) is 18.9. The Morgan fingerprint density at radius 3 is 2.56 bits per heavy atom. The first kappa shape index (κ1) is 20.9. The maximum absolute atomic E-state index is 13.8. The van der Waals surface area contributed by atoms with Gasteiger partial charge in [0, 0.05) is 24.7 Å². The lowest BCUT2D eigenvalue weighted by molar-refractivity contribution is -0.134. The van der Waals surface area contributed by atoms with Gasteiger partial charge in [0.2, 0.25) is 5.91 Å². The number of carbonyl (C=O) groups is 2. The van der Waals surface area contributed by atoms with Gasteiger partial charge >= 0.3 is 0 Å². The number of aryl methyl sites for hydroxylation is 1. The van der Waals surface area contributed by atoms with Gasteiger partial charge in [0.15, 0.2) is 5.58 Å². The van der Waals surface area contributed by atoms with Crippen LogP contribution < -0.4 is 5.32 Å². The lowest BCUT2D eigenvalue weighted by Crippen LogP contribution is -2.64. The van der Waals surface area contributed by atoms with Crippen LogP contribution in [0.2, 0.25) is 0 Å². The minimum atomic E-state index is -0.997. The molecule has 5 rings (SSSR count). The molecule has 1 atom stereocenters. The van der Waals surface area contributed by atoms with Crippen LogP contribution in [0.1, 0.15) is 67.3 Å². The molecule has 1 aliphatic carbocycles. The lowest BCUT2D eigenvalue weighted by Gasteiger charge is -2.44. The predicted octanol–water partition coefficient (Wildman–Crippen LogP) is 4.80. The Bertz CT molecular complexity index is 1140. The topological polar surface area (TPSA) is 67.5 Å². The molecule has 0 saturated heterocycles. The molecule has 2 amide bonds. The van der Waals surface area contributed by atoms with E-state index in [1.807, 2.05) is 60.9 Å². The van der Waals surface area contributed by atoms with E-state index in [1.54, 1.807) is 4.90 Å². The number of aromatic nitrogens is 1. The van der Waals surface area contributed by atoms with Crippen LogP contribution in [0.5, 0.6) is 0 Å². The third-order valence-corrected chi connectivity index (χ3v) is 7.10. The molecule has 0 radical (unpaired) electrons. The summed E-state index contributed by atoms with van der Waals surface area (Å²) in [6.07, 6.45) is 6.76. The van der Waals surface area contributed by atoms with E-state index in [-0.39, 0.29) is 17.9 Å². The summed E-state index contributed by atoms with van der Waals surface area (Å²) >= 11 is 0. The third-order valence-electron chi connectivity index (χ3n) is 7.10. The Morgan fingerprint density at radius 1 is 1.12 bits per heavy atom. The summed E-state index contributed by atoms with van der Waals surface area (Å²) in [5, 5.41) is 3.31. The molecule has 6 heteroatoms. The number of amides is 2. The molecule has 3 heterocycles. The molecule has 1 aromatic carbocycles. The molecular weight excluding hydrogens is 402 g/mol. The van der Waals surface area contributed by atoms with Gasteiger partial charge in [-0.15, -0.1) is 0 Å². The zero-order valence-electron chi connectivity index (χ0n) is 18.9. The molecule has 6 nitrogen and oxygen atoms in total. The van der Waals surface area contributed by atoms with Crippen molar-refractivity contribution in [3.8, 4) is 0 Å². The van der Waals surface area contributed by atoms with Gasteiger partial charge in [-0.05, 0) is 32.3 Å². The van der Waals surface area contributed by atoms with E-state index in [0.29, 0.717) is 24.4 Å². The van der Waals surface area contributed by atoms with E-state index in [1.165, 1.54) is 12.8 Å². The molecule has 1 unspecified atom stereocenters. The number of fused-ring (bicyclic) bond motifs is 3. The van der Waals surface area contributed by atoms with Gasteiger partial charge in [0.25, 0.3) is 5.91 Å². The summed E-state index contributed by atoms with van der Waals surface area (Å²) in [7, 11) is 0. The maximum atomic E-state index is 13.8. The molecule has 168 valence electrons. The van der Waals surface area contributed by atoms with E-state index in [0.717, 1.165) is 42.5 Å². The second-order valence-corrected chi connectivity index (χ2v) is 9.53. The van der Waals surface area contributed by atoms with Crippen molar-refractivity contribution in [1.29, 1.82) is 0 Å². The molecule has 0 spiro atoms. The summed E-state index contributed by atoms with van der Waals surface area (Å²) in [5.74, 6) is 0.596. The summed E-state index contributed by atoms with van der Waals surface area (Å²) in [4.78, 5) is 29.2. The van der Waals surface area contributed by atoms with Crippen LogP contribution in [0.15, 0.2) is 46.9 Å². The van der Waals surface area contributed by atoms with Crippen LogP contribution in [0, 0.1) is 6.92 Å². The van der Waals surface area contributed by atoms with E-state index in [2.05, 4.69) is 5.32 Å². The Morgan fingerprint density at radius 2 is 1.84 bits per heavy atom. The van der Waals surface area contributed by atoms with Crippen molar-refractivity contribution in [3.05, 3.63) is 59.5 Å².